The minimum absolute atomic E-state index is 0.0279. The Morgan fingerprint density at radius 2 is 1.97 bits per heavy atom. The van der Waals surface area contributed by atoms with Crippen molar-refractivity contribution in [2.24, 2.45) is 7.05 Å². The van der Waals surface area contributed by atoms with Crippen LogP contribution in [0.15, 0.2) is 12.5 Å². The van der Waals surface area contributed by atoms with Gasteiger partial charge in [-0.15, -0.1) is 0 Å². The van der Waals surface area contributed by atoms with Gasteiger partial charge in [0.1, 0.15) is 12.2 Å². The molecule has 0 saturated carbocycles. The molecule has 0 N–H and O–H groups in total. The first-order chi connectivity index (χ1) is 14.5. The molecular formula is C21H29N7O2. The number of amides is 1. The lowest BCUT2D eigenvalue weighted by molar-refractivity contribution is -0.139. The molecule has 0 aromatic carbocycles. The molecule has 0 radical (unpaired) electrons. The summed E-state index contributed by atoms with van der Waals surface area (Å²) >= 11 is 0. The van der Waals surface area contributed by atoms with Crippen molar-refractivity contribution in [2.75, 3.05) is 13.1 Å². The zero-order chi connectivity index (χ0) is 21.3. The van der Waals surface area contributed by atoms with Crippen LogP contribution in [0.5, 0.6) is 5.88 Å². The van der Waals surface area contributed by atoms with Crippen LogP contribution in [0.4, 0.5) is 0 Å². The summed E-state index contributed by atoms with van der Waals surface area (Å²) in [6, 6.07) is 0. The van der Waals surface area contributed by atoms with Crippen LogP contribution in [0.25, 0.3) is 22.6 Å². The fourth-order valence-electron chi connectivity index (χ4n) is 4.05. The molecule has 0 spiro atoms. The number of aryl methyl sites for hydroxylation is 2. The molecule has 1 aliphatic heterocycles. The van der Waals surface area contributed by atoms with E-state index in [2.05, 4.69) is 22.0 Å². The maximum absolute atomic E-state index is 13.0. The Hall–Kier alpha value is -2.97. The maximum Gasteiger partial charge on any atom is 0.263 e. The molecule has 3 aromatic heterocycles. The number of piperidine rings is 1. The van der Waals surface area contributed by atoms with Crippen molar-refractivity contribution in [3.63, 3.8) is 0 Å². The third-order valence-corrected chi connectivity index (χ3v) is 5.83. The lowest BCUT2D eigenvalue weighted by Crippen LogP contribution is -2.44. The zero-order valence-corrected chi connectivity index (χ0v) is 18.1. The van der Waals surface area contributed by atoms with Crippen molar-refractivity contribution in [3.05, 3.63) is 18.2 Å². The SMILES string of the molecule is CC[C@@H](Oc1ncnc2c1nc(-c1cnn(CC)c1C)n2C)C(=O)N1CCCCC1. The highest BCUT2D eigenvalue weighted by Gasteiger charge is 2.28. The van der Waals surface area contributed by atoms with Gasteiger partial charge in [0, 0.05) is 32.4 Å². The second-order valence-corrected chi connectivity index (χ2v) is 7.71. The van der Waals surface area contributed by atoms with Gasteiger partial charge in [-0.2, -0.15) is 10.1 Å². The highest BCUT2D eigenvalue weighted by Crippen LogP contribution is 2.29. The lowest BCUT2D eigenvalue weighted by atomic mass is 10.1. The van der Waals surface area contributed by atoms with E-state index in [0.29, 0.717) is 23.5 Å². The highest BCUT2D eigenvalue weighted by molar-refractivity contribution is 5.84. The predicted octanol–water partition coefficient (Wildman–Crippen LogP) is 2.73. The van der Waals surface area contributed by atoms with Gasteiger partial charge in [0.15, 0.2) is 17.3 Å². The smallest absolute Gasteiger partial charge is 0.263 e. The van der Waals surface area contributed by atoms with Crippen LogP contribution < -0.4 is 4.74 Å². The number of imidazole rings is 1. The molecule has 160 valence electrons. The molecule has 1 atom stereocenters. The Morgan fingerprint density at radius 1 is 1.20 bits per heavy atom. The molecule has 4 rings (SSSR count). The minimum Gasteiger partial charge on any atom is -0.463 e. The van der Waals surface area contributed by atoms with Gasteiger partial charge >= 0.3 is 0 Å². The largest absolute Gasteiger partial charge is 0.463 e. The molecule has 0 unspecified atom stereocenters. The van der Waals surface area contributed by atoms with Crippen molar-refractivity contribution >= 4 is 17.1 Å². The number of rotatable bonds is 6. The standard InChI is InChI=1S/C21H29N7O2/c1-5-16(21(29)27-10-8-7-9-11-27)30-20-17-19(22-13-23-20)26(4)18(25-17)15-12-24-28(6-2)14(15)3/h12-13,16H,5-11H2,1-4H3/t16-/m1/s1. The Morgan fingerprint density at radius 3 is 2.63 bits per heavy atom. The molecule has 4 heterocycles. The van der Waals surface area contributed by atoms with Gasteiger partial charge in [-0.05, 0) is 39.5 Å². The van der Waals surface area contributed by atoms with E-state index in [1.165, 1.54) is 12.7 Å². The predicted molar refractivity (Wildman–Crippen MR) is 113 cm³/mol. The number of carbonyl (C=O) groups excluding carboxylic acids is 1. The number of likely N-dealkylation sites (tertiary alicyclic amines) is 1. The number of ether oxygens (including phenoxy) is 1. The first-order valence-corrected chi connectivity index (χ1v) is 10.7. The molecule has 1 saturated heterocycles. The summed E-state index contributed by atoms with van der Waals surface area (Å²) in [5.41, 5.74) is 3.21. The first-order valence-electron chi connectivity index (χ1n) is 10.7. The number of hydrogen-bond donors (Lipinski definition) is 0. The monoisotopic (exact) mass is 411 g/mol. The highest BCUT2D eigenvalue weighted by atomic mass is 16.5. The molecule has 0 aliphatic carbocycles. The lowest BCUT2D eigenvalue weighted by Gasteiger charge is -2.30. The fraction of sp³-hybridized carbons (Fsp3) is 0.571. The van der Waals surface area contributed by atoms with Gasteiger partial charge in [0.05, 0.1) is 11.8 Å². The van der Waals surface area contributed by atoms with E-state index in [-0.39, 0.29) is 5.91 Å². The van der Waals surface area contributed by atoms with E-state index >= 15 is 0 Å². The number of hydrogen-bond acceptors (Lipinski definition) is 6. The number of nitrogens with zero attached hydrogens (tertiary/aromatic N) is 7. The minimum atomic E-state index is -0.573. The average Bonchev–Trinajstić information content (AvgIpc) is 3.31. The number of fused-ring (bicyclic) bond motifs is 1. The van der Waals surface area contributed by atoms with Crippen LogP contribution in [0.1, 0.15) is 45.2 Å². The fourth-order valence-corrected chi connectivity index (χ4v) is 4.05. The molecule has 9 heteroatoms. The van der Waals surface area contributed by atoms with Crippen LogP contribution >= 0.6 is 0 Å². The third kappa shape index (κ3) is 3.53. The summed E-state index contributed by atoms with van der Waals surface area (Å²) in [5.74, 6) is 1.13. The van der Waals surface area contributed by atoms with Gasteiger partial charge in [0.25, 0.3) is 5.91 Å². The molecular weight excluding hydrogens is 382 g/mol. The number of aromatic nitrogens is 6. The summed E-state index contributed by atoms with van der Waals surface area (Å²) in [6.07, 6.45) is 6.56. The van der Waals surface area contributed by atoms with Gasteiger partial charge in [-0.1, -0.05) is 6.92 Å². The van der Waals surface area contributed by atoms with Crippen molar-refractivity contribution < 1.29 is 9.53 Å². The average molecular weight is 412 g/mol. The van der Waals surface area contributed by atoms with E-state index in [9.17, 15) is 4.79 Å². The van der Waals surface area contributed by atoms with E-state index in [0.717, 1.165) is 49.6 Å². The second-order valence-electron chi connectivity index (χ2n) is 7.71. The molecule has 30 heavy (non-hydrogen) atoms. The molecule has 9 nitrogen and oxygen atoms in total. The second kappa shape index (κ2) is 8.41. The van der Waals surface area contributed by atoms with Crippen molar-refractivity contribution in [3.8, 4) is 17.3 Å². The topological polar surface area (TPSA) is 91.0 Å². The quantitative estimate of drug-likeness (QED) is 0.619. The van der Waals surface area contributed by atoms with Crippen LogP contribution in [0.3, 0.4) is 0 Å². The van der Waals surface area contributed by atoms with E-state index < -0.39 is 6.10 Å². The Kier molecular flexibility index (Phi) is 5.69. The van der Waals surface area contributed by atoms with Gasteiger partial charge in [0.2, 0.25) is 5.88 Å². The molecule has 3 aromatic rings. The van der Waals surface area contributed by atoms with Crippen LogP contribution in [-0.2, 0) is 18.4 Å². The summed E-state index contributed by atoms with van der Waals surface area (Å²) in [7, 11) is 1.92. The maximum atomic E-state index is 13.0. The summed E-state index contributed by atoms with van der Waals surface area (Å²) in [5, 5.41) is 4.43. The summed E-state index contributed by atoms with van der Waals surface area (Å²) < 4.78 is 9.96. The van der Waals surface area contributed by atoms with Gasteiger partial charge in [-0.3, -0.25) is 9.48 Å². The van der Waals surface area contributed by atoms with Gasteiger partial charge in [-0.25, -0.2) is 9.97 Å². The molecule has 1 amide bonds. The van der Waals surface area contributed by atoms with E-state index in [1.54, 1.807) is 0 Å². The van der Waals surface area contributed by atoms with E-state index in [4.69, 9.17) is 9.72 Å². The normalized spacial score (nSPS) is 15.5. The van der Waals surface area contributed by atoms with Crippen LogP contribution in [-0.4, -0.2) is 59.3 Å². The zero-order valence-electron chi connectivity index (χ0n) is 18.1. The Balaban J connectivity index is 1.67. The molecule has 1 fully saturated rings. The van der Waals surface area contributed by atoms with Crippen molar-refractivity contribution in [1.29, 1.82) is 0 Å². The molecule has 1 aliphatic rings. The summed E-state index contributed by atoms with van der Waals surface area (Å²) in [6.45, 7) is 8.43. The Bertz CT molecular complexity index is 1050. The number of carbonyl (C=O) groups is 1. The van der Waals surface area contributed by atoms with Crippen molar-refractivity contribution in [2.45, 2.75) is 59.1 Å². The van der Waals surface area contributed by atoms with E-state index in [1.807, 2.05) is 41.2 Å². The van der Waals surface area contributed by atoms with Crippen molar-refractivity contribution in [1.82, 2.24) is 34.2 Å². The molecule has 0 bridgehead atoms. The summed E-state index contributed by atoms with van der Waals surface area (Å²) in [4.78, 5) is 28.4. The first kappa shape index (κ1) is 20.3. The van der Waals surface area contributed by atoms with Crippen LogP contribution in [0, 0.1) is 6.92 Å². The van der Waals surface area contributed by atoms with Crippen LogP contribution in [0.2, 0.25) is 0 Å². The Labute approximate surface area is 176 Å². The van der Waals surface area contributed by atoms with Gasteiger partial charge < -0.3 is 14.2 Å². The third-order valence-electron chi connectivity index (χ3n) is 5.83.